The Bertz CT molecular complexity index is 199. The molecule has 5 heteroatoms. The molecule has 0 saturated heterocycles. The molecule has 1 N–H and O–H groups in total. The summed E-state index contributed by atoms with van der Waals surface area (Å²) in [6.45, 7) is 3.24. The van der Waals surface area contributed by atoms with Gasteiger partial charge in [0.2, 0.25) is 0 Å². The van der Waals surface area contributed by atoms with Gasteiger partial charge >= 0.3 is 0 Å². The fourth-order valence-electron chi connectivity index (χ4n) is 0.875. The number of hydroxylamine groups is 1. The molecular weight excluding hydrogens is 136 g/mol. The van der Waals surface area contributed by atoms with Crippen molar-refractivity contribution in [2.75, 3.05) is 0 Å². The molecule has 0 aromatic heterocycles. The van der Waals surface area contributed by atoms with Crippen molar-refractivity contribution in [1.29, 1.82) is 0 Å². The van der Waals surface area contributed by atoms with Crippen LogP contribution in [0.3, 0.4) is 0 Å². The van der Waals surface area contributed by atoms with Gasteiger partial charge in [-0.3, -0.25) is 20.4 Å². The van der Waals surface area contributed by atoms with E-state index in [1.165, 1.54) is 0 Å². The van der Waals surface area contributed by atoms with Crippen molar-refractivity contribution in [1.82, 2.24) is 5.48 Å². The largest absolute Gasteiger partial charge is 0.297 e. The van der Waals surface area contributed by atoms with E-state index in [2.05, 4.69) is 5.48 Å². The number of nitrogens with one attached hydrogen (secondary N) is 1. The van der Waals surface area contributed by atoms with Gasteiger partial charge in [-0.25, -0.2) is 0 Å². The minimum absolute atomic E-state index is 0.111. The average molecular weight is 144 g/mol. The predicted molar refractivity (Wildman–Crippen MR) is 33.4 cm³/mol. The van der Waals surface area contributed by atoms with E-state index in [1.807, 2.05) is 0 Å². The van der Waals surface area contributed by atoms with Crippen LogP contribution in [0.25, 0.3) is 0 Å². The van der Waals surface area contributed by atoms with Crippen LogP contribution >= 0.6 is 0 Å². The summed E-state index contributed by atoms with van der Waals surface area (Å²) in [5, 5.41) is 10.3. The molecule has 0 radical (unpaired) electrons. The van der Waals surface area contributed by atoms with Gasteiger partial charge in [-0.1, -0.05) is 0 Å². The summed E-state index contributed by atoms with van der Waals surface area (Å²) in [5.74, 6) is 0. The summed E-state index contributed by atoms with van der Waals surface area (Å²) >= 11 is 0. The maximum atomic E-state index is 10.3. The molecule has 1 heterocycles. The summed E-state index contributed by atoms with van der Waals surface area (Å²) < 4.78 is 0. The summed E-state index contributed by atoms with van der Waals surface area (Å²) in [5.41, 5.74) is 3.03. The van der Waals surface area contributed by atoms with E-state index in [0.29, 0.717) is 5.70 Å². The van der Waals surface area contributed by atoms with E-state index in [1.54, 1.807) is 13.8 Å². The van der Waals surface area contributed by atoms with Crippen LogP contribution in [0.1, 0.15) is 13.8 Å². The van der Waals surface area contributed by atoms with Crippen LogP contribution in [-0.4, -0.2) is 11.0 Å². The van der Waals surface area contributed by atoms with Gasteiger partial charge in [0.15, 0.2) is 6.10 Å². The normalized spacial score (nSPS) is 24.8. The second-order valence-electron chi connectivity index (χ2n) is 2.13. The fraction of sp³-hybridized carbons (Fsp3) is 0.600. The Balaban J connectivity index is 2.88. The molecule has 1 atom stereocenters. The van der Waals surface area contributed by atoms with Crippen LogP contribution in [0.15, 0.2) is 11.4 Å². The number of nitro groups is 1. The highest BCUT2D eigenvalue weighted by molar-refractivity contribution is 5.09. The van der Waals surface area contributed by atoms with Crippen LogP contribution < -0.4 is 5.48 Å². The first-order chi connectivity index (χ1) is 4.63. The third-order valence-electron chi connectivity index (χ3n) is 1.35. The van der Waals surface area contributed by atoms with Gasteiger partial charge in [-0.05, 0) is 13.8 Å². The number of rotatable bonds is 1. The lowest BCUT2D eigenvalue weighted by Crippen LogP contribution is -2.12. The van der Waals surface area contributed by atoms with Gasteiger partial charge in [-0.15, -0.1) is 0 Å². The Labute approximate surface area is 57.8 Å². The molecule has 0 spiro atoms. The molecule has 1 aliphatic rings. The van der Waals surface area contributed by atoms with Gasteiger partial charge < -0.3 is 0 Å². The summed E-state index contributed by atoms with van der Waals surface area (Å²) in [7, 11) is 0. The van der Waals surface area contributed by atoms with Gasteiger partial charge in [0.05, 0.1) is 4.92 Å². The first kappa shape index (κ1) is 7.01. The smallest absolute Gasteiger partial charge is 0.264 e. The van der Waals surface area contributed by atoms with Gasteiger partial charge in [0, 0.05) is 0 Å². The maximum absolute atomic E-state index is 10.3. The highest BCUT2D eigenvalue weighted by Gasteiger charge is 2.30. The summed E-state index contributed by atoms with van der Waals surface area (Å²) in [4.78, 5) is 14.6. The molecule has 1 aliphatic heterocycles. The van der Waals surface area contributed by atoms with Crippen molar-refractivity contribution in [2.24, 2.45) is 0 Å². The van der Waals surface area contributed by atoms with E-state index in [4.69, 9.17) is 4.84 Å². The molecule has 5 nitrogen and oxygen atoms in total. The molecular formula is C5H8N2O3. The topological polar surface area (TPSA) is 64.4 Å². The molecule has 1 unspecified atom stereocenters. The lowest BCUT2D eigenvalue weighted by molar-refractivity contribution is -0.433. The molecule has 0 aromatic carbocycles. The van der Waals surface area contributed by atoms with Gasteiger partial charge in [0.25, 0.3) is 5.70 Å². The zero-order valence-corrected chi connectivity index (χ0v) is 5.75. The fourth-order valence-corrected chi connectivity index (χ4v) is 0.875. The van der Waals surface area contributed by atoms with Crippen LogP contribution in [0.2, 0.25) is 0 Å². The lowest BCUT2D eigenvalue weighted by atomic mass is 10.3. The first-order valence-corrected chi connectivity index (χ1v) is 2.89. The van der Waals surface area contributed by atoms with Crippen molar-refractivity contribution >= 4 is 0 Å². The highest BCUT2D eigenvalue weighted by atomic mass is 16.7. The first-order valence-electron chi connectivity index (χ1n) is 2.89. The Kier molecular flexibility index (Phi) is 1.58. The minimum Gasteiger partial charge on any atom is -0.264 e. The Morgan fingerprint density at radius 2 is 2.40 bits per heavy atom. The van der Waals surface area contributed by atoms with Crippen LogP contribution in [0.4, 0.5) is 0 Å². The summed E-state index contributed by atoms with van der Waals surface area (Å²) in [6.07, 6.45) is -0.449. The molecule has 0 saturated carbocycles. The van der Waals surface area contributed by atoms with E-state index >= 15 is 0 Å². The predicted octanol–water partition coefficient (Wildman–Crippen LogP) is 0.418. The summed E-state index contributed by atoms with van der Waals surface area (Å²) in [6, 6.07) is 0. The van der Waals surface area contributed by atoms with E-state index < -0.39 is 11.0 Å². The highest BCUT2D eigenvalue weighted by Crippen LogP contribution is 2.16. The monoisotopic (exact) mass is 144 g/mol. The Morgan fingerprint density at radius 1 is 1.80 bits per heavy atom. The van der Waals surface area contributed by atoms with Crippen molar-refractivity contribution in [3.05, 3.63) is 21.5 Å². The third kappa shape index (κ3) is 0.950. The van der Waals surface area contributed by atoms with Crippen molar-refractivity contribution < 1.29 is 9.76 Å². The molecule has 56 valence electrons. The van der Waals surface area contributed by atoms with Gasteiger partial charge in [-0.2, -0.15) is 0 Å². The van der Waals surface area contributed by atoms with E-state index in [0.717, 1.165) is 0 Å². The number of allylic oxidation sites excluding steroid dienone is 1. The van der Waals surface area contributed by atoms with Crippen LogP contribution in [0.5, 0.6) is 0 Å². The molecule has 0 amide bonds. The zero-order chi connectivity index (χ0) is 7.72. The van der Waals surface area contributed by atoms with E-state index in [9.17, 15) is 10.1 Å². The van der Waals surface area contributed by atoms with Crippen molar-refractivity contribution in [2.45, 2.75) is 20.0 Å². The molecule has 1 rings (SSSR count). The average Bonchev–Trinajstić information content (AvgIpc) is 2.11. The van der Waals surface area contributed by atoms with Crippen LogP contribution in [-0.2, 0) is 4.84 Å². The third-order valence-corrected chi connectivity index (χ3v) is 1.35. The van der Waals surface area contributed by atoms with E-state index in [-0.39, 0.29) is 5.70 Å². The molecule has 0 bridgehead atoms. The van der Waals surface area contributed by atoms with Crippen LogP contribution in [0, 0.1) is 10.1 Å². The van der Waals surface area contributed by atoms with Crippen molar-refractivity contribution in [3.63, 3.8) is 0 Å². The molecule has 0 aromatic rings. The quantitative estimate of drug-likeness (QED) is 0.427. The lowest BCUT2D eigenvalue weighted by Gasteiger charge is -1.96. The molecule has 0 aliphatic carbocycles. The Hall–Kier alpha value is -1.10. The SMILES string of the molecule is CC1=C([N+](=O)[O-])C(C)ON1. The maximum Gasteiger partial charge on any atom is 0.297 e. The standard InChI is InChI=1S/C5H8N2O3/c1-3-5(7(8)9)4(2)10-6-3/h4,6H,1-2H3. The van der Waals surface area contributed by atoms with Gasteiger partial charge in [0.1, 0.15) is 5.70 Å². The molecule has 10 heavy (non-hydrogen) atoms. The second-order valence-corrected chi connectivity index (χ2v) is 2.13. The second kappa shape index (κ2) is 2.26. The minimum atomic E-state index is -0.449. The Morgan fingerprint density at radius 3 is 2.60 bits per heavy atom. The number of hydrogen-bond donors (Lipinski definition) is 1. The number of nitrogens with zero attached hydrogens (tertiary/aromatic N) is 1. The van der Waals surface area contributed by atoms with Crippen molar-refractivity contribution in [3.8, 4) is 0 Å². The molecule has 0 fully saturated rings. The zero-order valence-electron chi connectivity index (χ0n) is 5.75. The number of hydrogen-bond acceptors (Lipinski definition) is 4.